The van der Waals surface area contributed by atoms with Gasteiger partial charge in [0.05, 0.1) is 12.3 Å². The van der Waals surface area contributed by atoms with Gasteiger partial charge in [0.1, 0.15) is 0 Å². The quantitative estimate of drug-likeness (QED) is 0.577. The van der Waals surface area contributed by atoms with Gasteiger partial charge in [-0.3, -0.25) is 4.79 Å². The Hall–Kier alpha value is -2.80. The highest BCUT2D eigenvalue weighted by atomic mass is 32.2. The number of carbonyl (C=O) groups excluding carboxylic acids is 1. The molecule has 2 heterocycles. The van der Waals surface area contributed by atoms with E-state index in [0.29, 0.717) is 12.3 Å². The van der Waals surface area contributed by atoms with Crippen molar-refractivity contribution in [2.75, 3.05) is 22.5 Å². The second-order valence-electron chi connectivity index (χ2n) is 7.43. The maximum Gasteiger partial charge on any atom is 0.237 e. The third kappa shape index (κ3) is 4.51. The fourth-order valence-corrected chi connectivity index (χ4v) is 4.62. The first-order valence-electron chi connectivity index (χ1n) is 10.4. The van der Waals surface area contributed by atoms with E-state index in [1.54, 1.807) is 0 Å². The van der Waals surface area contributed by atoms with Crippen LogP contribution < -0.4 is 10.2 Å². The Bertz CT molecular complexity index is 1010. The summed E-state index contributed by atoms with van der Waals surface area (Å²) in [6.45, 7) is 6.29. The van der Waals surface area contributed by atoms with E-state index in [1.165, 1.54) is 22.9 Å². The van der Waals surface area contributed by atoms with Crippen LogP contribution in [0, 0.1) is 6.92 Å². The molecule has 2 aromatic carbocycles. The van der Waals surface area contributed by atoms with Gasteiger partial charge in [0, 0.05) is 24.5 Å². The van der Waals surface area contributed by atoms with Crippen molar-refractivity contribution in [1.82, 2.24) is 14.8 Å². The highest BCUT2D eigenvalue weighted by Crippen LogP contribution is 2.28. The van der Waals surface area contributed by atoms with Gasteiger partial charge in [-0.05, 0) is 50.5 Å². The van der Waals surface area contributed by atoms with Crippen molar-refractivity contribution in [1.29, 1.82) is 0 Å². The molecule has 0 bridgehead atoms. The van der Waals surface area contributed by atoms with E-state index in [0.717, 1.165) is 48.3 Å². The van der Waals surface area contributed by atoms with Crippen LogP contribution in [0.1, 0.15) is 30.3 Å². The molecule has 0 saturated carbocycles. The molecule has 0 fully saturated rings. The van der Waals surface area contributed by atoms with E-state index >= 15 is 0 Å². The van der Waals surface area contributed by atoms with Crippen molar-refractivity contribution in [2.45, 2.75) is 44.9 Å². The molecule has 0 radical (unpaired) electrons. The zero-order chi connectivity index (χ0) is 20.9. The lowest BCUT2D eigenvalue weighted by Crippen LogP contribution is -2.36. The minimum Gasteiger partial charge on any atom is -0.378 e. The Morgan fingerprint density at radius 1 is 1.13 bits per heavy atom. The number of nitrogens with zero attached hydrogens (tertiary/aromatic N) is 4. The largest absolute Gasteiger partial charge is 0.378 e. The molecule has 1 N–H and O–H groups in total. The van der Waals surface area contributed by atoms with Gasteiger partial charge in [0.25, 0.3) is 0 Å². The lowest BCUT2D eigenvalue weighted by molar-refractivity contribution is -0.116. The maximum atomic E-state index is 12.9. The zero-order valence-electron chi connectivity index (χ0n) is 17.5. The number of aryl methyl sites for hydroxylation is 2. The number of fused-ring (bicyclic) bond motifs is 1. The van der Waals surface area contributed by atoms with Crippen LogP contribution in [0.2, 0.25) is 0 Å². The predicted octanol–water partition coefficient (Wildman–Crippen LogP) is 4.29. The Morgan fingerprint density at radius 2 is 1.93 bits per heavy atom. The van der Waals surface area contributed by atoms with Crippen LogP contribution in [-0.4, -0.2) is 33.0 Å². The van der Waals surface area contributed by atoms with Gasteiger partial charge in [-0.15, -0.1) is 10.2 Å². The van der Waals surface area contributed by atoms with Crippen LogP contribution in [0.5, 0.6) is 0 Å². The lowest BCUT2D eigenvalue weighted by atomic mass is 10.0. The fourth-order valence-electron chi connectivity index (χ4n) is 3.72. The molecule has 0 spiro atoms. The van der Waals surface area contributed by atoms with Gasteiger partial charge in [-0.2, -0.15) is 0 Å². The summed E-state index contributed by atoms with van der Waals surface area (Å²) in [7, 11) is 0. The van der Waals surface area contributed by atoms with Crippen LogP contribution in [-0.2, 0) is 24.3 Å². The van der Waals surface area contributed by atoms with E-state index in [-0.39, 0.29) is 5.91 Å². The summed E-state index contributed by atoms with van der Waals surface area (Å²) in [6.07, 6.45) is 2.04. The summed E-state index contributed by atoms with van der Waals surface area (Å²) in [5, 5.41) is 12.9. The number of hydrogen-bond donors (Lipinski definition) is 1. The highest BCUT2D eigenvalue weighted by Gasteiger charge is 2.23. The minimum absolute atomic E-state index is 0.122. The first kappa shape index (κ1) is 20.5. The van der Waals surface area contributed by atoms with Crippen LogP contribution in [0.3, 0.4) is 0 Å². The number of nitrogens with one attached hydrogen (secondary N) is 1. The smallest absolute Gasteiger partial charge is 0.237 e. The number of amides is 1. The second kappa shape index (κ2) is 9.34. The second-order valence-corrected chi connectivity index (χ2v) is 8.37. The molecule has 1 aromatic heterocycles. The van der Waals surface area contributed by atoms with Crippen molar-refractivity contribution in [3.63, 3.8) is 0 Å². The number of aromatic nitrogens is 3. The molecule has 30 heavy (non-hydrogen) atoms. The minimum atomic E-state index is 0.122. The summed E-state index contributed by atoms with van der Waals surface area (Å²) >= 11 is 1.46. The molecule has 7 heteroatoms. The van der Waals surface area contributed by atoms with Crippen LogP contribution in [0.4, 0.5) is 11.4 Å². The highest BCUT2D eigenvalue weighted by molar-refractivity contribution is 7.99. The molecule has 0 atom stereocenters. The molecule has 1 aliphatic heterocycles. The van der Waals surface area contributed by atoms with Gasteiger partial charge >= 0.3 is 0 Å². The van der Waals surface area contributed by atoms with Gasteiger partial charge in [0.15, 0.2) is 11.0 Å². The van der Waals surface area contributed by atoms with Gasteiger partial charge in [-0.25, -0.2) is 0 Å². The molecule has 3 aromatic rings. The monoisotopic (exact) mass is 421 g/mol. The number of para-hydroxylation sites is 1. The molecule has 1 amide bonds. The Labute approximate surface area is 181 Å². The fraction of sp³-hybridized carbons (Fsp3) is 0.348. The number of benzene rings is 2. The summed E-state index contributed by atoms with van der Waals surface area (Å²) in [5.41, 5.74) is 4.59. The number of hydrogen-bond acceptors (Lipinski definition) is 5. The van der Waals surface area contributed by atoms with Gasteiger partial charge < -0.3 is 14.8 Å². The topological polar surface area (TPSA) is 63.1 Å². The number of rotatable bonds is 7. The van der Waals surface area contributed by atoms with Gasteiger partial charge in [-0.1, -0.05) is 47.7 Å². The van der Waals surface area contributed by atoms with E-state index in [9.17, 15) is 4.79 Å². The van der Waals surface area contributed by atoms with E-state index in [4.69, 9.17) is 0 Å². The molecular weight excluding hydrogens is 394 g/mol. The van der Waals surface area contributed by atoms with Crippen molar-refractivity contribution in [2.24, 2.45) is 0 Å². The first-order valence-corrected chi connectivity index (χ1v) is 11.4. The van der Waals surface area contributed by atoms with Gasteiger partial charge in [0.2, 0.25) is 5.91 Å². The molecule has 6 nitrogen and oxygen atoms in total. The normalized spacial score (nSPS) is 13.2. The average Bonchev–Trinajstić information content (AvgIpc) is 3.18. The summed E-state index contributed by atoms with van der Waals surface area (Å²) in [5.74, 6) is 1.35. The summed E-state index contributed by atoms with van der Waals surface area (Å²) in [4.78, 5) is 14.8. The standard InChI is InChI=1S/C23H27N5OS/c1-3-27-21(15-24-19-12-10-17(2)11-13-19)25-26-23(27)30-16-22(29)28-14-6-8-18-7-4-5-9-20(18)28/h4-5,7,9-13,24H,3,6,8,14-16H2,1-2H3. The van der Waals surface area contributed by atoms with Crippen LogP contribution in [0.15, 0.2) is 53.7 Å². The Kier molecular flexibility index (Phi) is 6.38. The maximum absolute atomic E-state index is 12.9. The van der Waals surface area contributed by atoms with Crippen molar-refractivity contribution in [3.05, 3.63) is 65.5 Å². The third-order valence-corrected chi connectivity index (χ3v) is 6.30. The van der Waals surface area contributed by atoms with Crippen molar-refractivity contribution >= 4 is 29.0 Å². The van der Waals surface area contributed by atoms with Crippen molar-refractivity contribution in [3.8, 4) is 0 Å². The molecule has 0 unspecified atom stereocenters. The SMILES string of the molecule is CCn1c(CNc2ccc(C)cc2)nnc1SCC(=O)N1CCCc2ccccc21. The first-order chi connectivity index (χ1) is 14.7. The van der Waals surface area contributed by atoms with E-state index < -0.39 is 0 Å². The summed E-state index contributed by atoms with van der Waals surface area (Å²) < 4.78 is 2.07. The Morgan fingerprint density at radius 3 is 2.73 bits per heavy atom. The summed E-state index contributed by atoms with van der Waals surface area (Å²) in [6, 6.07) is 16.5. The zero-order valence-corrected chi connectivity index (χ0v) is 18.3. The predicted molar refractivity (Wildman–Crippen MR) is 122 cm³/mol. The molecule has 156 valence electrons. The van der Waals surface area contributed by atoms with Crippen molar-refractivity contribution < 1.29 is 4.79 Å². The molecule has 4 rings (SSSR count). The molecule has 0 saturated heterocycles. The lowest BCUT2D eigenvalue weighted by Gasteiger charge is -2.29. The number of anilines is 2. The number of thioether (sulfide) groups is 1. The Balaban J connectivity index is 1.39. The average molecular weight is 422 g/mol. The molecule has 1 aliphatic rings. The van der Waals surface area contributed by atoms with Crippen LogP contribution in [0.25, 0.3) is 0 Å². The van der Waals surface area contributed by atoms with E-state index in [1.807, 2.05) is 23.1 Å². The molecular formula is C23H27N5OS. The molecule has 0 aliphatic carbocycles. The number of carbonyl (C=O) groups is 1. The van der Waals surface area contributed by atoms with Crippen LogP contribution >= 0.6 is 11.8 Å². The van der Waals surface area contributed by atoms with E-state index in [2.05, 4.69) is 64.3 Å². The third-order valence-electron chi connectivity index (χ3n) is 5.35.